The van der Waals surface area contributed by atoms with Crippen molar-refractivity contribution in [2.75, 3.05) is 24.7 Å². The first-order valence-electron chi connectivity index (χ1n) is 11.1. The van der Waals surface area contributed by atoms with Crippen molar-refractivity contribution in [3.63, 3.8) is 0 Å². The highest BCUT2D eigenvalue weighted by molar-refractivity contribution is 6.32. The molecule has 4 rings (SSSR count). The van der Waals surface area contributed by atoms with E-state index in [4.69, 9.17) is 21.1 Å². The number of pyridine rings is 1. The lowest BCUT2D eigenvalue weighted by molar-refractivity contribution is -0.127. The van der Waals surface area contributed by atoms with Gasteiger partial charge in [-0.3, -0.25) is 24.3 Å². The first kappa shape index (κ1) is 24.2. The molecule has 1 N–H and O–H groups in total. The zero-order valence-corrected chi connectivity index (χ0v) is 19.8. The first-order valence-corrected chi connectivity index (χ1v) is 11.5. The minimum Gasteiger partial charge on any atom is -0.484 e. The highest BCUT2D eigenvalue weighted by Gasteiger charge is 2.33. The fourth-order valence-electron chi connectivity index (χ4n) is 3.68. The molecule has 0 aliphatic carbocycles. The topological polar surface area (TPSA) is 97.8 Å². The van der Waals surface area contributed by atoms with Crippen molar-refractivity contribution in [2.24, 2.45) is 0 Å². The van der Waals surface area contributed by atoms with E-state index in [-0.39, 0.29) is 30.8 Å². The third-order valence-electron chi connectivity index (χ3n) is 5.53. The van der Waals surface area contributed by atoms with Gasteiger partial charge in [-0.25, -0.2) is 0 Å². The average molecular weight is 494 g/mol. The molecule has 8 nitrogen and oxygen atoms in total. The van der Waals surface area contributed by atoms with Crippen LogP contribution in [-0.2, 0) is 16.0 Å². The lowest BCUT2D eigenvalue weighted by Gasteiger charge is -2.33. The maximum Gasteiger partial charge on any atom is 0.265 e. The monoisotopic (exact) mass is 493 g/mol. The quantitative estimate of drug-likeness (QED) is 0.458. The molecule has 1 atom stereocenters. The van der Waals surface area contributed by atoms with E-state index in [2.05, 4.69) is 10.3 Å². The Morgan fingerprint density at radius 1 is 1.17 bits per heavy atom. The van der Waals surface area contributed by atoms with Crippen LogP contribution in [0.4, 0.5) is 5.69 Å². The van der Waals surface area contributed by atoms with Crippen molar-refractivity contribution in [1.29, 1.82) is 0 Å². The van der Waals surface area contributed by atoms with Crippen molar-refractivity contribution in [2.45, 2.75) is 19.4 Å². The summed E-state index contributed by atoms with van der Waals surface area (Å²) in [5, 5.41) is 3.25. The molecule has 1 aliphatic rings. The number of ketones is 1. The van der Waals surface area contributed by atoms with E-state index in [1.165, 1.54) is 4.90 Å². The summed E-state index contributed by atoms with van der Waals surface area (Å²) in [6, 6.07) is 16.4. The van der Waals surface area contributed by atoms with Crippen LogP contribution in [0.3, 0.4) is 0 Å². The molecule has 180 valence electrons. The van der Waals surface area contributed by atoms with Gasteiger partial charge in [0.05, 0.1) is 10.7 Å². The van der Waals surface area contributed by atoms with Gasteiger partial charge in [0, 0.05) is 30.4 Å². The number of nitrogens with one attached hydrogen (secondary N) is 1. The first-order chi connectivity index (χ1) is 16.9. The summed E-state index contributed by atoms with van der Waals surface area (Å²) in [5.74, 6) is -0.182. The molecule has 0 unspecified atom stereocenters. The summed E-state index contributed by atoms with van der Waals surface area (Å²) in [6.07, 6.45) is 2.26. The molecule has 3 aromatic rings. The van der Waals surface area contributed by atoms with Crippen LogP contribution in [-0.4, -0.2) is 48.4 Å². The summed E-state index contributed by atoms with van der Waals surface area (Å²) < 4.78 is 11.1. The fraction of sp³-hybridized carbons (Fsp3) is 0.231. The van der Waals surface area contributed by atoms with E-state index in [0.29, 0.717) is 40.7 Å². The zero-order chi connectivity index (χ0) is 24.8. The van der Waals surface area contributed by atoms with Crippen LogP contribution in [0.25, 0.3) is 0 Å². The van der Waals surface area contributed by atoms with Crippen LogP contribution >= 0.6 is 11.6 Å². The largest absolute Gasteiger partial charge is 0.484 e. The summed E-state index contributed by atoms with van der Waals surface area (Å²) >= 11 is 6.08. The number of Topliss-reactive ketones (excluding diaryl/α,β-unsaturated/α-hetero) is 1. The number of nitrogens with zero attached hydrogens (tertiary/aromatic N) is 2. The van der Waals surface area contributed by atoms with Crippen LogP contribution in [0.2, 0.25) is 5.02 Å². The van der Waals surface area contributed by atoms with Crippen molar-refractivity contribution >= 4 is 34.9 Å². The lowest BCUT2D eigenvalue weighted by atomic mass is 10.1. The van der Waals surface area contributed by atoms with Gasteiger partial charge in [0.25, 0.3) is 5.91 Å². The molecular formula is C26H24ClN3O5. The standard InChI is InChI=1S/C26H24ClN3O5/c1-17(26(33)29-13-11-19-6-4-5-12-28-19)30-21-14-18(9-10-24(21)35-16-25(30)32)22(31)15-34-23-8-3-2-7-20(23)27/h2-10,12,14,17H,11,13,15-16H2,1H3,(H,29,33)/t17-/m0/s1. The molecule has 2 heterocycles. The van der Waals surface area contributed by atoms with Gasteiger partial charge < -0.3 is 14.8 Å². The predicted octanol–water partition coefficient (Wildman–Crippen LogP) is 3.47. The van der Waals surface area contributed by atoms with Gasteiger partial charge in [0.2, 0.25) is 5.91 Å². The molecular weight excluding hydrogens is 470 g/mol. The maximum absolute atomic E-state index is 12.8. The number of para-hydroxylation sites is 1. The van der Waals surface area contributed by atoms with Gasteiger partial charge in [0.15, 0.2) is 19.0 Å². The second-order valence-electron chi connectivity index (χ2n) is 7.92. The number of ether oxygens (including phenoxy) is 2. The Hall–Kier alpha value is -3.91. The number of fused-ring (bicyclic) bond motifs is 1. The Labute approximate surface area is 207 Å². The molecule has 0 saturated heterocycles. The van der Waals surface area contributed by atoms with Crippen molar-refractivity contribution in [1.82, 2.24) is 10.3 Å². The van der Waals surface area contributed by atoms with E-state index < -0.39 is 6.04 Å². The lowest BCUT2D eigenvalue weighted by Crippen LogP contribution is -2.51. The number of anilines is 1. The van der Waals surface area contributed by atoms with Gasteiger partial charge in [-0.05, 0) is 49.4 Å². The molecule has 0 fully saturated rings. The minimum atomic E-state index is -0.807. The number of rotatable bonds is 9. The van der Waals surface area contributed by atoms with Crippen LogP contribution < -0.4 is 19.7 Å². The van der Waals surface area contributed by atoms with Crippen molar-refractivity contribution < 1.29 is 23.9 Å². The van der Waals surface area contributed by atoms with E-state index in [1.54, 1.807) is 55.6 Å². The molecule has 1 aromatic heterocycles. The molecule has 0 bridgehead atoms. The third-order valence-corrected chi connectivity index (χ3v) is 5.84. The molecule has 9 heteroatoms. The molecule has 0 saturated carbocycles. The smallest absolute Gasteiger partial charge is 0.265 e. The van der Waals surface area contributed by atoms with Crippen LogP contribution in [0.1, 0.15) is 23.0 Å². The normalized spacial score (nSPS) is 13.4. The fourth-order valence-corrected chi connectivity index (χ4v) is 3.87. The van der Waals surface area contributed by atoms with Crippen LogP contribution in [0, 0.1) is 0 Å². The number of carbonyl (C=O) groups excluding carboxylic acids is 3. The number of aromatic nitrogens is 1. The van der Waals surface area contributed by atoms with Crippen molar-refractivity contribution in [3.8, 4) is 11.5 Å². The van der Waals surface area contributed by atoms with Gasteiger partial charge in [-0.15, -0.1) is 0 Å². The van der Waals surface area contributed by atoms with E-state index in [0.717, 1.165) is 5.69 Å². The Morgan fingerprint density at radius 2 is 1.97 bits per heavy atom. The third kappa shape index (κ3) is 5.78. The molecule has 0 radical (unpaired) electrons. The second-order valence-corrected chi connectivity index (χ2v) is 8.32. The Bertz CT molecular complexity index is 1230. The molecule has 35 heavy (non-hydrogen) atoms. The number of hydrogen-bond donors (Lipinski definition) is 1. The van der Waals surface area contributed by atoms with E-state index in [9.17, 15) is 14.4 Å². The minimum absolute atomic E-state index is 0.193. The zero-order valence-electron chi connectivity index (χ0n) is 19.1. The van der Waals surface area contributed by atoms with Crippen LogP contribution in [0.15, 0.2) is 66.9 Å². The van der Waals surface area contributed by atoms with E-state index in [1.807, 2.05) is 18.2 Å². The van der Waals surface area contributed by atoms with E-state index >= 15 is 0 Å². The SMILES string of the molecule is C[C@@H](C(=O)NCCc1ccccn1)N1C(=O)COc2ccc(C(=O)COc3ccccc3Cl)cc21. The highest BCUT2D eigenvalue weighted by atomic mass is 35.5. The predicted molar refractivity (Wildman–Crippen MR) is 131 cm³/mol. The summed E-state index contributed by atoms with van der Waals surface area (Å²) in [5.41, 5.74) is 1.54. The summed E-state index contributed by atoms with van der Waals surface area (Å²) in [4.78, 5) is 43.9. The number of carbonyl (C=O) groups is 3. The molecule has 0 spiro atoms. The second kappa shape index (κ2) is 11.0. The molecule has 2 amide bonds. The van der Waals surface area contributed by atoms with Crippen LogP contribution in [0.5, 0.6) is 11.5 Å². The molecule has 1 aliphatic heterocycles. The Morgan fingerprint density at radius 3 is 2.74 bits per heavy atom. The number of hydrogen-bond acceptors (Lipinski definition) is 6. The summed E-state index contributed by atoms with van der Waals surface area (Å²) in [6.45, 7) is 1.59. The number of benzene rings is 2. The molecule has 2 aromatic carbocycles. The number of halogens is 1. The maximum atomic E-state index is 12.8. The Balaban J connectivity index is 1.45. The van der Waals surface area contributed by atoms with Gasteiger partial charge in [-0.2, -0.15) is 0 Å². The highest BCUT2D eigenvalue weighted by Crippen LogP contribution is 2.34. The van der Waals surface area contributed by atoms with Crippen molar-refractivity contribution in [3.05, 3.63) is 83.1 Å². The summed E-state index contributed by atoms with van der Waals surface area (Å²) in [7, 11) is 0. The van der Waals surface area contributed by atoms with Gasteiger partial charge >= 0.3 is 0 Å². The Kier molecular flexibility index (Phi) is 7.62. The number of amides is 2. The van der Waals surface area contributed by atoms with Gasteiger partial charge in [0.1, 0.15) is 17.5 Å². The van der Waals surface area contributed by atoms with Gasteiger partial charge in [-0.1, -0.05) is 29.8 Å². The average Bonchev–Trinajstić information content (AvgIpc) is 2.88.